The largest absolute Gasteiger partial charge is 0.465 e. The van der Waals surface area contributed by atoms with Crippen LogP contribution in [-0.4, -0.2) is 42.4 Å². The van der Waals surface area contributed by atoms with Crippen molar-refractivity contribution in [3.8, 4) is 11.3 Å². The van der Waals surface area contributed by atoms with Crippen molar-refractivity contribution in [1.29, 1.82) is 0 Å². The molecule has 0 N–H and O–H groups in total. The number of carbonyl (C=O) groups is 1. The molecule has 2 aromatic heterocycles. The summed E-state index contributed by atoms with van der Waals surface area (Å²) in [6, 6.07) is 8.25. The maximum absolute atomic E-state index is 14.7. The minimum absolute atomic E-state index is 0.0727. The maximum atomic E-state index is 14.7. The van der Waals surface area contributed by atoms with Crippen LogP contribution in [0, 0.1) is 17.7 Å². The Balaban J connectivity index is 1.10. The molecule has 3 aliphatic rings. The quantitative estimate of drug-likeness (QED) is 0.203. The Bertz CT molecular complexity index is 1600. The van der Waals surface area contributed by atoms with Gasteiger partial charge in [-0.2, -0.15) is 0 Å². The number of halogens is 3. The summed E-state index contributed by atoms with van der Waals surface area (Å²) in [5.41, 5.74) is 2.73. The normalized spacial score (nSPS) is 22.3. The predicted molar refractivity (Wildman–Crippen MR) is 152 cm³/mol. The average molecular weight is 603 g/mol. The van der Waals surface area contributed by atoms with Crippen LogP contribution in [0.15, 0.2) is 34.9 Å². The molecule has 3 atom stereocenters. The van der Waals surface area contributed by atoms with Crippen molar-refractivity contribution < 1.29 is 23.2 Å². The topological polar surface area (TPSA) is 77.7 Å². The second-order valence-corrected chi connectivity index (χ2v) is 12.6. The Kier molecular flexibility index (Phi) is 6.73. The number of anilines is 1. The van der Waals surface area contributed by atoms with Crippen LogP contribution >= 0.6 is 34.5 Å². The highest BCUT2D eigenvalue weighted by Crippen LogP contribution is 2.47. The molecule has 0 radical (unpaired) electrons. The van der Waals surface area contributed by atoms with Crippen LogP contribution in [0.5, 0.6) is 0 Å². The summed E-state index contributed by atoms with van der Waals surface area (Å²) in [5, 5.41) is 6.20. The van der Waals surface area contributed by atoms with Gasteiger partial charge in [0.05, 0.1) is 40.1 Å². The number of nitrogens with zero attached hydrogens (tertiary/aromatic N) is 3. The zero-order valence-corrected chi connectivity index (χ0v) is 24.0. The maximum Gasteiger partial charge on any atom is 0.338 e. The molecular weight excluding hydrogens is 576 g/mol. The van der Waals surface area contributed by atoms with Gasteiger partial charge in [0, 0.05) is 36.1 Å². The van der Waals surface area contributed by atoms with Gasteiger partial charge in [-0.05, 0) is 55.9 Å². The Morgan fingerprint density at radius 3 is 2.73 bits per heavy atom. The predicted octanol–water partition coefficient (Wildman–Crippen LogP) is 7.49. The summed E-state index contributed by atoms with van der Waals surface area (Å²) in [5.74, 6) is 0.948. The minimum Gasteiger partial charge on any atom is -0.465 e. The van der Waals surface area contributed by atoms with E-state index in [1.807, 2.05) is 6.07 Å². The third-order valence-electron chi connectivity index (χ3n) is 8.33. The van der Waals surface area contributed by atoms with Crippen molar-refractivity contribution in [2.24, 2.45) is 11.8 Å². The number of methoxy groups -OCH3 is 1. The molecule has 3 heterocycles. The molecule has 2 aromatic carbocycles. The molecule has 1 saturated heterocycles. The van der Waals surface area contributed by atoms with Crippen molar-refractivity contribution >= 4 is 55.9 Å². The van der Waals surface area contributed by atoms with E-state index in [9.17, 15) is 9.18 Å². The van der Waals surface area contributed by atoms with E-state index in [2.05, 4.69) is 15.0 Å². The van der Waals surface area contributed by atoms with Crippen LogP contribution in [-0.2, 0) is 16.1 Å². The molecule has 3 fully saturated rings. The second kappa shape index (κ2) is 10.3. The van der Waals surface area contributed by atoms with Crippen molar-refractivity contribution in [3.63, 3.8) is 0 Å². The molecule has 4 aromatic rings. The number of esters is 1. The molecule has 2 saturated carbocycles. The van der Waals surface area contributed by atoms with Gasteiger partial charge in [0.2, 0.25) is 0 Å². The minimum atomic E-state index is -0.566. The summed E-state index contributed by atoms with van der Waals surface area (Å²) in [7, 11) is 1.28. The van der Waals surface area contributed by atoms with Crippen LogP contribution in [0.2, 0.25) is 10.0 Å². The van der Waals surface area contributed by atoms with E-state index in [0.717, 1.165) is 55.2 Å². The standard InChI is InChI=1S/C29H26Cl2FN3O4S/c1-37-28(36)16-9-21(32)26-23(10-16)40-29(33-26)35-11-15-7-8-22(17(15)12-35)38-13-18-25(34-39-27(18)14-5-6-14)24-19(30)3-2-4-20(24)31/h2-4,9-10,14-15,17,22H,5-8,11-13H2,1H3/t15-,17+,22+/m1/s1. The molecule has 0 unspecified atom stereocenters. The van der Waals surface area contributed by atoms with Gasteiger partial charge in [-0.25, -0.2) is 14.2 Å². The van der Waals surface area contributed by atoms with Crippen LogP contribution < -0.4 is 4.90 Å². The van der Waals surface area contributed by atoms with E-state index in [0.29, 0.717) is 50.4 Å². The smallest absolute Gasteiger partial charge is 0.338 e. The number of hydrogen-bond acceptors (Lipinski definition) is 8. The third-order valence-corrected chi connectivity index (χ3v) is 10.0. The van der Waals surface area contributed by atoms with Gasteiger partial charge in [-0.3, -0.25) is 0 Å². The number of ether oxygens (including phenoxy) is 2. The molecule has 2 aliphatic carbocycles. The molecule has 1 aliphatic heterocycles. The highest BCUT2D eigenvalue weighted by Gasteiger charge is 2.44. The van der Waals surface area contributed by atoms with Crippen LogP contribution in [0.3, 0.4) is 0 Å². The summed E-state index contributed by atoms with van der Waals surface area (Å²) in [6.45, 7) is 2.00. The Hall–Kier alpha value is -2.72. The van der Waals surface area contributed by atoms with E-state index in [4.69, 9.17) is 37.2 Å². The SMILES string of the molecule is COC(=O)c1cc(F)c2nc(N3C[C@H]4CC[C@H](OCc5c(-c6c(Cl)cccc6Cl)noc5C5CC5)[C@H]4C3)sc2c1. The molecule has 7 nitrogen and oxygen atoms in total. The van der Waals surface area contributed by atoms with Gasteiger partial charge in [-0.1, -0.05) is 45.8 Å². The van der Waals surface area contributed by atoms with Crippen molar-refractivity contribution in [1.82, 2.24) is 10.1 Å². The highest BCUT2D eigenvalue weighted by atomic mass is 35.5. The molecule has 208 valence electrons. The molecule has 0 bridgehead atoms. The summed E-state index contributed by atoms with van der Waals surface area (Å²) in [4.78, 5) is 18.7. The lowest BCUT2D eigenvalue weighted by Crippen LogP contribution is -2.26. The van der Waals surface area contributed by atoms with Gasteiger partial charge in [0.1, 0.15) is 17.0 Å². The molecule has 7 rings (SSSR count). The fourth-order valence-electron chi connectivity index (χ4n) is 6.17. The van der Waals surface area contributed by atoms with Gasteiger partial charge in [-0.15, -0.1) is 0 Å². The number of rotatable bonds is 7. The second-order valence-electron chi connectivity index (χ2n) is 10.8. The molecule has 0 spiro atoms. The Morgan fingerprint density at radius 1 is 1.18 bits per heavy atom. The van der Waals surface area contributed by atoms with E-state index in [-0.39, 0.29) is 17.2 Å². The van der Waals surface area contributed by atoms with Crippen LogP contribution in [0.25, 0.3) is 21.5 Å². The first-order valence-corrected chi connectivity index (χ1v) is 15.0. The fraction of sp³-hybridized carbons (Fsp3) is 0.414. The monoisotopic (exact) mass is 601 g/mol. The Morgan fingerprint density at radius 2 is 1.98 bits per heavy atom. The highest BCUT2D eigenvalue weighted by molar-refractivity contribution is 7.22. The van der Waals surface area contributed by atoms with Gasteiger partial charge >= 0.3 is 5.97 Å². The zero-order valence-electron chi connectivity index (χ0n) is 21.7. The van der Waals surface area contributed by atoms with Gasteiger partial charge in [0.25, 0.3) is 0 Å². The third kappa shape index (κ3) is 4.57. The number of hydrogen-bond donors (Lipinski definition) is 0. The number of benzene rings is 2. The first kappa shape index (κ1) is 26.2. The molecule has 40 heavy (non-hydrogen) atoms. The number of aromatic nitrogens is 2. The van der Waals surface area contributed by atoms with E-state index in [1.54, 1.807) is 18.2 Å². The van der Waals surface area contributed by atoms with Crippen LogP contribution in [0.1, 0.15) is 53.3 Å². The first-order chi connectivity index (χ1) is 19.4. The summed E-state index contributed by atoms with van der Waals surface area (Å²) >= 11 is 14.4. The van der Waals surface area contributed by atoms with E-state index >= 15 is 0 Å². The zero-order chi connectivity index (χ0) is 27.5. The van der Waals surface area contributed by atoms with Gasteiger partial charge < -0.3 is 18.9 Å². The first-order valence-electron chi connectivity index (χ1n) is 13.4. The lowest BCUT2D eigenvalue weighted by molar-refractivity contribution is 0.0164. The summed E-state index contributed by atoms with van der Waals surface area (Å²) in [6.07, 6.45) is 4.26. The van der Waals surface area contributed by atoms with Crippen molar-refractivity contribution in [2.45, 2.75) is 44.3 Å². The molecule has 11 heteroatoms. The summed E-state index contributed by atoms with van der Waals surface area (Å²) < 4.78 is 32.5. The van der Waals surface area contributed by atoms with Crippen molar-refractivity contribution in [3.05, 3.63) is 63.1 Å². The average Bonchev–Trinajstić information content (AvgIpc) is 3.26. The fourth-order valence-corrected chi connectivity index (χ4v) is 7.78. The lowest BCUT2D eigenvalue weighted by Gasteiger charge is -2.21. The van der Waals surface area contributed by atoms with Crippen molar-refractivity contribution in [2.75, 3.05) is 25.1 Å². The van der Waals surface area contributed by atoms with E-state index < -0.39 is 11.8 Å². The number of carbonyl (C=O) groups excluding carboxylic acids is 1. The van der Waals surface area contributed by atoms with Crippen LogP contribution in [0.4, 0.5) is 9.52 Å². The lowest BCUT2D eigenvalue weighted by atomic mass is 9.99. The van der Waals surface area contributed by atoms with E-state index in [1.165, 1.54) is 24.5 Å². The van der Waals surface area contributed by atoms with Gasteiger partial charge in [0.15, 0.2) is 10.9 Å². The number of fused-ring (bicyclic) bond motifs is 2. The molecular formula is C29H26Cl2FN3O4S. The molecule has 0 amide bonds. The number of thiazole rings is 1. The Labute approximate surface area is 244 Å².